The molecule has 6 nitrogen and oxygen atoms in total. The van der Waals surface area contributed by atoms with Crippen molar-refractivity contribution >= 4 is 35.2 Å². The van der Waals surface area contributed by atoms with Crippen molar-refractivity contribution in [2.75, 3.05) is 18.5 Å². The summed E-state index contributed by atoms with van der Waals surface area (Å²) in [4.78, 5) is 23.9. The number of para-hydroxylation sites is 1. The zero-order chi connectivity index (χ0) is 17.8. The van der Waals surface area contributed by atoms with Crippen LogP contribution in [0.15, 0.2) is 48.0 Å². The molecular weight excluding hydrogens is 346 g/mol. The lowest BCUT2D eigenvalue weighted by molar-refractivity contribution is -0.143. The van der Waals surface area contributed by atoms with Gasteiger partial charge in [-0.25, -0.2) is 4.79 Å². The number of hydrogen-bond acceptors (Lipinski definition) is 5. The van der Waals surface area contributed by atoms with E-state index in [1.807, 2.05) is 0 Å². The van der Waals surface area contributed by atoms with Gasteiger partial charge in [0.05, 0.1) is 5.57 Å². The predicted molar refractivity (Wildman–Crippen MR) is 92.6 cm³/mol. The highest BCUT2D eigenvalue weighted by Gasteiger charge is 2.21. The van der Waals surface area contributed by atoms with Crippen molar-refractivity contribution in [2.24, 2.45) is 0 Å². The van der Waals surface area contributed by atoms with E-state index < -0.39 is 18.5 Å². The Labute approximate surface area is 148 Å². The van der Waals surface area contributed by atoms with Crippen LogP contribution in [0, 0.1) is 0 Å². The van der Waals surface area contributed by atoms with Crippen molar-refractivity contribution < 1.29 is 24.2 Å². The van der Waals surface area contributed by atoms with E-state index in [1.165, 1.54) is 6.07 Å². The Morgan fingerprint density at radius 2 is 2.04 bits per heavy atom. The molecule has 3 rings (SSSR count). The summed E-state index contributed by atoms with van der Waals surface area (Å²) in [5.41, 5.74) is 1.34. The number of esters is 1. The number of halogens is 1. The molecule has 128 valence electrons. The number of anilines is 1. The topological polar surface area (TPSA) is 84.9 Å². The molecule has 0 atom stereocenters. The lowest BCUT2D eigenvalue weighted by Gasteiger charge is -2.17. The number of carbonyl (C=O) groups is 2. The molecule has 0 saturated heterocycles. The molecule has 0 spiro atoms. The molecule has 0 aromatic heterocycles. The van der Waals surface area contributed by atoms with Gasteiger partial charge >= 0.3 is 5.97 Å². The van der Waals surface area contributed by atoms with Gasteiger partial charge in [-0.3, -0.25) is 4.79 Å². The molecule has 0 fully saturated rings. The molecule has 0 saturated carbocycles. The maximum Gasteiger partial charge on any atom is 0.338 e. The highest BCUT2D eigenvalue weighted by atomic mass is 35.5. The Morgan fingerprint density at radius 1 is 1.24 bits per heavy atom. The molecule has 2 aromatic carbocycles. The molecular formula is C18H14ClNO5. The number of nitrogens with one attached hydrogen (secondary N) is 1. The Bertz CT molecular complexity index is 862. The molecule has 0 unspecified atom stereocenters. The first-order valence-electron chi connectivity index (χ1n) is 7.41. The number of amides is 1. The minimum Gasteiger partial charge on any atom is -0.504 e. The second-order valence-corrected chi connectivity index (χ2v) is 5.72. The third-order valence-electron chi connectivity index (χ3n) is 3.43. The molecule has 7 heteroatoms. The molecule has 25 heavy (non-hydrogen) atoms. The van der Waals surface area contributed by atoms with Crippen LogP contribution in [0.25, 0.3) is 6.08 Å². The summed E-state index contributed by atoms with van der Waals surface area (Å²) in [7, 11) is 0. The summed E-state index contributed by atoms with van der Waals surface area (Å²) in [5.74, 6) is -0.818. The van der Waals surface area contributed by atoms with Crippen molar-refractivity contribution in [2.45, 2.75) is 0 Å². The van der Waals surface area contributed by atoms with Gasteiger partial charge in [0, 0.05) is 16.3 Å². The van der Waals surface area contributed by atoms with Gasteiger partial charge in [0.25, 0.3) is 5.91 Å². The number of fused-ring (bicyclic) bond motifs is 1. The highest BCUT2D eigenvalue weighted by molar-refractivity contribution is 6.30. The van der Waals surface area contributed by atoms with E-state index in [9.17, 15) is 14.7 Å². The van der Waals surface area contributed by atoms with Gasteiger partial charge in [-0.1, -0.05) is 29.8 Å². The normalized spacial score (nSPS) is 12.4. The fourth-order valence-electron chi connectivity index (χ4n) is 2.30. The fourth-order valence-corrected chi connectivity index (χ4v) is 2.49. The van der Waals surface area contributed by atoms with Crippen molar-refractivity contribution in [3.05, 3.63) is 58.6 Å². The number of phenolic OH excluding ortho intramolecular Hbond substituents is 1. The van der Waals surface area contributed by atoms with Crippen molar-refractivity contribution in [1.82, 2.24) is 0 Å². The Kier molecular flexibility index (Phi) is 4.90. The summed E-state index contributed by atoms with van der Waals surface area (Å²) in [5, 5.41) is 12.8. The summed E-state index contributed by atoms with van der Waals surface area (Å²) in [6.45, 7) is -0.477. The Morgan fingerprint density at radius 3 is 2.84 bits per heavy atom. The Balaban J connectivity index is 1.59. The van der Waals surface area contributed by atoms with Crippen LogP contribution in [0.1, 0.15) is 5.56 Å². The van der Waals surface area contributed by atoms with E-state index in [0.717, 1.165) is 0 Å². The van der Waals surface area contributed by atoms with Crippen LogP contribution in [0.2, 0.25) is 5.02 Å². The fraction of sp³-hybridized carbons (Fsp3) is 0.111. The molecule has 1 amide bonds. The predicted octanol–water partition coefficient (Wildman–Crippen LogP) is 3.00. The summed E-state index contributed by atoms with van der Waals surface area (Å²) < 4.78 is 10.4. The van der Waals surface area contributed by atoms with E-state index in [-0.39, 0.29) is 17.9 Å². The number of ether oxygens (including phenoxy) is 2. The third-order valence-corrected chi connectivity index (χ3v) is 3.67. The van der Waals surface area contributed by atoms with Crippen LogP contribution in [0.5, 0.6) is 11.5 Å². The van der Waals surface area contributed by atoms with Crippen molar-refractivity contribution in [3.63, 3.8) is 0 Å². The van der Waals surface area contributed by atoms with Gasteiger partial charge in [0.1, 0.15) is 6.61 Å². The van der Waals surface area contributed by atoms with Gasteiger partial charge in [-0.2, -0.15) is 0 Å². The van der Waals surface area contributed by atoms with E-state index in [2.05, 4.69) is 5.32 Å². The zero-order valence-electron chi connectivity index (χ0n) is 13.0. The SMILES string of the molecule is O=C(COC(=O)C1=Cc2cccc(O)c2OC1)Nc1cccc(Cl)c1. The smallest absolute Gasteiger partial charge is 0.338 e. The van der Waals surface area contributed by atoms with Gasteiger partial charge in [0.2, 0.25) is 0 Å². The average molecular weight is 360 g/mol. The first-order chi connectivity index (χ1) is 12.0. The largest absolute Gasteiger partial charge is 0.504 e. The third kappa shape index (κ3) is 4.10. The van der Waals surface area contributed by atoms with Crippen LogP contribution >= 0.6 is 11.6 Å². The second-order valence-electron chi connectivity index (χ2n) is 5.29. The lowest BCUT2D eigenvalue weighted by atomic mass is 10.1. The van der Waals surface area contributed by atoms with Crippen LogP contribution < -0.4 is 10.1 Å². The number of carbonyl (C=O) groups excluding carboxylic acids is 2. The van der Waals surface area contributed by atoms with E-state index in [0.29, 0.717) is 22.0 Å². The van der Waals surface area contributed by atoms with Crippen LogP contribution in [0.3, 0.4) is 0 Å². The van der Waals surface area contributed by atoms with E-state index in [4.69, 9.17) is 21.1 Å². The number of benzene rings is 2. The standard InChI is InChI=1S/C18H14ClNO5/c19-13-4-2-5-14(8-13)20-16(22)10-25-18(23)12-7-11-3-1-6-15(21)17(11)24-9-12/h1-8,21H,9-10H2,(H,20,22). The first-order valence-corrected chi connectivity index (χ1v) is 7.78. The monoisotopic (exact) mass is 359 g/mol. The van der Waals surface area contributed by atoms with Crippen LogP contribution in [-0.4, -0.2) is 30.2 Å². The van der Waals surface area contributed by atoms with Gasteiger partial charge in [0.15, 0.2) is 18.1 Å². The van der Waals surface area contributed by atoms with Gasteiger partial charge < -0.3 is 19.9 Å². The van der Waals surface area contributed by atoms with Crippen molar-refractivity contribution in [3.8, 4) is 11.5 Å². The number of hydrogen-bond donors (Lipinski definition) is 2. The second kappa shape index (κ2) is 7.27. The molecule has 1 heterocycles. The maximum absolute atomic E-state index is 12.1. The summed E-state index contributed by atoms with van der Waals surface area (Å²) in [6.07, 6.45) is 1.57. The minimum atomic E-state index is -0.657. The summed E-state index contributed by atoms with van der Waals surface area (Å²) in [6, 6.07) is 11.5. The van der Waals surface area contributed by atoms with Crippen molar-refractivity contribution in [1.29, 1.82) is 0 Å². The first kappa shape index (κ1) is 16.9. The number of rotatable bonds is 4. The van der Waals surface area contributed by atoms with E-state index >= 15 is 0 Å². The Hall–Kier alpha value is -2.99. The quantitative estimate of drug-likeness (QED) is 0.820. The van der Waals surface area contributed by atoms with Gasteiger partial charge in [-0.05, 0) is 30.3 Å². The lowest BCUT2D eigenvalue weighted by Crippen LogP contribution is -2.23. The highest BCUT2D eigenvalue weighted by Crippen LogP contribution is 2.34. The molecule has 2 aromatic rings. The maximum atomic E-state index is 12.1. The number of aromatic hydroxyl groups is 1. The molecule has 0 bridgehead atoms. The zero-order valence-corrected chi connectivity index (χ0v) is 13.7. The molecule has 1 aliphatic rings. The molecule has 0 radical (unpaired) electrons. The number of phenols is 1. The molecule has 2 N–H and O–H groups in total. The van der Waals surface area contributed by atoms with Gasteiger partial charge in [-0.15, -0.1) is 0 Å². The van der Waals surface area contributed by atoms with Crippen LogP contribution in [0.4, 0.5) is 5.69 Å². The van der Waals surface area contributed by atoms with Crippen LogP contribution in [-0.2, 0) is 14.3 Å². The van der Waals surface area contributed by atoms with E-state index in [1.54, 1.807) is 42.5 Å². The summed E-state index contributed by atoms with van der Waals surface area (Å²) >= 11 is 5.83. The molecule has 0 aliphatic carbocycles. The average Bonchev–Trinajstić information content (AvgIpc) is 2.59. The molecule has 1 aliphatic heterocycles. The minimum absolute atomic E-state index is 0.00191.